The summed E-state index contributed by atoms with van der Waals surface area (Å²) in [4.78, 5) is 0. The minimum atomic E-state index is 0.540. The molecule has 0 spiro atoms. The van der Waals surface area contributed by atoms with Crippen LogP contribution in [0, 0.1) is 10.5 Å². The van der Waals surface area contributed by atoms with Crippen molar-refractivity contribution in [1.29, 1.82) is 0 Å². The monoisotopic (exact) mass is 397 g/mol. The second kappa shape index (κ2) is 5.94. The highest BCUT2D eigenvalue weighted by Crippen LogP contribution is 2.39. The van der Waals surface area contributed by atoms with Crippen molar-refractivity contribution in [3.8, 4) is 0 Å². The molecule has 3 heteroatoms. The van der Waals surface area contributed by atoms with Gasteiger partial charge < -0.3 is 5.32 Å². The molecule has 0 aromatic heterocycles. The number of rotatable bonds is 3. The lowest BCUT2D eigenvalue weighted by atomic mass is 9.75. The van der Waals surface area contributed by atoms with Crippen molar-refractivity contribution < 1.29 is 0 Å². The van der Waals surface area contributed by atoms with Crippen molar-refractivity contribution in [3.05, 3.63) is 62.2 Å². The van der Waals surface area contributed by atoms with Gasteiger partial charge in [0.1, 0.15) is 0 Å². The Labute approximate surface area is 138 Å². The molecule has 3 rings (SSSR count). The fraction of sp³-hybridized carbons (Fsp3) is 0.294. The molecule has 1 N–H and O–H groups in total. The van der Waals surface area contributed by atoms with Gasteiger partial charge in [-0.2, -0.15) is 0 Å². The van der Waals surface area contributed by atoms with Gasteiger partial charge in [0.05, 0.1) is 10.7 Å². The number of anilines is 1. The van der Waals surface area contributed by atoms with Crippen LogP contribution in [0.5, 0.6) is 0 Å². The molecule has 2 aromatic carbocycles. The molecular weight excluding hydrogens is 381 g/mol. The lowest BCUT2D eigenvalue weighted by Gasteiger charge is -2.37. The van der Waals surface area contributed by atoms with E-state index in [4.69, 9.17) is 11.6 Å². The number of aryl methyl sites for hydroxylation is 1. The van der Waals surface area contributed by atoms with Crippen LogP contribution in [-0.2, 0) is 0 Å². The first-order valence-electron chi connectivity index (χ1n) is 6.90. The van der Waals surface area contributed by atoms with Crippen molar-refractivity contribution >= 4 is 39.9 Å². The van der Waals surface area contributed by atoms with E-state index in [0.29, 0.717) is 12.0 Å². The van der Waals surface area contributed by atoms with Gasteiger partial charge in [-0.3, -0.25) is 0 Å². The van der Waals surface area contributed by atoms with E-state index in [9.17, 15) is 0 Å². The average molecular weight is 398 g/mol. The Morgan fingerprint density at radius 3 is 2.65 bits per heavy atom. The van der Waals surface area contributed by atoms with Gasteiger partial charge in [-0.25, -0.2) is 0 Å². The van der Waals surface area contributed by atoms with Crippen LogP contribution >= 0.6 is 34.2 Å². The van der Waals surface area contributed by atoms with E-state index in [1.165, 1.54) is 27.5 Å². The second-order valence-corrected chi connectivity index (χ2v) is 7.20. The van der Waals surface area contributed by atoms with Gasteiger partial charge in [0, 0.05) is 9.61 Å². The van der Waals surface area contributed by atoms with Crippen LogP contribution in [0.4, 0.5) is 5.69 Å². The summed E-state index contributed by atoms with van der Waals surface area (Å²) in [5, 5.41) is 4.37. The summed E-state index contributed by atoms with van der Waals surface area (Å²) in [6.45, 7) is 2.16. The molecule has 0 saturated heterocycles. The summed E-state index contributed by atoms with van der Waals surface area (Å²) in [6, 6.07) is 15.6. The molecule has 0 heterocycles. The van der Waals surface area contributed by atoms with Crippen LogP contribution in [0.3, 0.4) is 0 Å². The maximum atomic E-state index is 6.26. The minimum absolute atomic E-state index is 0.540. The van der Waals surface area contributed by atoms with Crippen molar-refractivity contribution in [2.45, 2.75) is 31.7 Å². The molecule has 1 fully saturated rings. The number of nitrogens with one attached hydrogen (secondary N) is 1. The van der Waals surface area contributed by atoms with Crippen LogP contribution < -0.4 is 5.32 Å². The topological polar surface area (TPSA) is 12.0 Å². The quantitative estimate of drug-likeness (QED) is 0.664. The van der Waals surface area contributed by atoms with Crippen LogP contribution in [0.25, 0.3) is 0 Å². The number of hydrogen-bond acceptors (Lipinski definition) is 1. The Morgan fingerprint density at radius 2 is 1.95 bits per heavy atom. The Hall–Kier alpha value is -0.740. The fourth-order valence-corrected chi connectivity index (χ4v) is 3.67. The van der Waals surface area contributed by atoms with Gasteiger partial charge in [0.25, 0.3) is 0 Å². The zero-order valence-electron chi connectivity index (χ0n) is 11.4. The highest BCUT2D eigenvalue weighted by molar-refractivity contribution is 14.1. The molecule has 0 unspecified atom stereocenters. The summed E-state index contributed by atoms with van der Waals surface area (Å²) < 4.78 is 1.17. The molecule has 1 aliphatic rings. The van der Waals surface area contributed by atoms with E-state index < -0.39 is 0 Å². The van der Waals surface area contributed by atoms with E-state index >= 15 is 0 Å². The van der Waals surface area contributed by atoms with Crippen LogP contribution in [0.15, 0.2) is 42.5 Å². The molecular formula is C17H17ClIN. The van der Waals surface area contributed by atoms with Gasteiger partial charge in [0.2, 0.25) is 0 Å². The van der Waals surface area contributed by atoms with Gasteiger partial charge >= 0.3 is 0 Å². The second-order valence-electron chi connectivity index (χ2n) is 5.55. The highest BCUT2D eigenvalue weighted by Gasteiger charge is 2.30. The summed E-state index contributed by atoms with van der Waals surface area (Å²) >= 11 is 8.54. The third kappa shape index (κ3) is 3.12. The Balaban J connectivity index is 1.61. The van der Waals surface area contributed by atoms with Crippen molar-refractivity contribution in [2.75, 3.05) is 5.32 Å². The molecule has 1 aliphatic carbocycles. The smallest absolute Gasteiger partial charge is 0.0648 e. The summed E-state index contributed by atoms with van der Waals surface area (Å²) in [5.41, 5.74) is 3.87. The Morgan fingerprint density at radius 1 is 1.15 bits per heavy atom. The lowest BCUT2D eigenvalue weighted by molar-refractivity contribution is 0.374. The maximum Gasteiger partial charge on any atom is 0.0648 e. The molecule has 0 aliphatic heterocycles. The van der Waals surface area contributed by atoms with Gasteiger partial charge in [-0.05, 0) is 72.0 Å². The Kier molecular flexibility index (Phi) is 4.22. The highest BCUT2D eigenvalue weighted by atomic mass is 127. The first-order valence-corrected chi connectivity index (χ1v) is 8.35. The molecule has 1 nitrogen and oxygen atoms in total. The standard InChI is InChI=1S/C17H17ClIN/c1-11-3-2-4-12(7-11)13-8-15(9-13)20-17-6-5-14(19)10-16(17)18/h2-7,10,13,15,20H,8-9H2,1H3. The van der Waals surface area contributed by atoms with Crippen molar-refractivity contribution in [3.63, 3.8) is 0 Å². The normalized spacial score (nSPS) is 21.4. The maximum absolute atomic E-state index is 6.26. The summed E-state index contributed by atoms with van der Waals surface area (Å²) in [5.74, 6) is 0.690. The Bertz CT molecular complexity index is 620. The average Bonchev–Trinajstić information content (AvgIpc) is 2.35. The zero-order valence-corrected chi connectivity index (χ0v) is 14.3. The molecule has 0 atom stereocenters. The van der Waals surface area contributed by atoms with E-state index in [1.807, 2.05) is 6.07 Å². The molecule has 20 heavy (non-hydrogen) atoms. The van der Waals surface area contributed by atoms with Gasteiger partial charge in [-0.15, -0.1) is 0 Å². The first-order chi connectivity index (χ1) is 9.61. The molecule has 0 amide bonds. The molecule has 1 saturated carbocycles. The summed E-state index contributed by atoms with van der Waals surface area (Å²) in [7, 11) is 0. The predicted octanol–water partition coefficient (Wildman–Crippen LogP) is 5.61. The SMILES string of the molecule is Cc1cccc(C2CC(Nc3ccc(I)cc3Cl)C2)c1. The van der Waals surface area contributed by atoms with E-state index in [1.54, 1.807) is 0 Å². The third-order valence-corrected chi connectivity index (χ3v) is 4.93. The molecule has 2 aromatic rings. The first kappa shape index (κ1) is 14.2. The largest absolute Gasteiger partial charge is 0.381 e. The molecule has 0 radical (unpaired) electrons. The van der Waals surface area contributed by atoms with Crippen molar-refractivity contribution in [1.82, 2.24) is 0 Å². The summed E-state index contributed by atoms with van der Waals surface area (Å²) in [6.07, 6.45) is 2.37. The van der Waals surface area contributed by atoms with Gasteiger partial charge in [0.15, 0.2) is 0 Å². The lowest BCUT2D eigenvalue weighted by Crippen LogP contribution is -2.34. The minimum Gasteiger partial charge on any atom is -0.381 e. The number of hydrogen-bond donors (Lipinski definition) is 1. The van der Waals surface area contributed by atoms with Crippen LogP contribution in [0.1, 0.15) is 29.9 Å². The van der Waals surface area contributed by atoms with E-state index in [2.05, 4.69) is 71.2 Å². The number of benzene rings is 2. The fourth-order valence-electron chi connectivity index (χ4n) is 2.76. The van der Waals surface area contributed by atoms with Crippen LogP contribution in [-0.4, -0.2) is 6.04 Å². The zero-order chi connectivity index (χ0) is 14.1. The van der Waals surface area contributed by atoms with Crippen molar-refractivity contribution in [2.24, 2.45) is 0 Å². The third-order valence-electron chi connectivity index (χ3n) is 3.94. The van der Waals surface area contributed by atoms with Gasteiger partial charge in [-0.1, -0.05) is 41.4 Å². The van der Waals surface area contributed by atoms with Crippen LogP contribution in [0.2, 0.25) is 5.02 Å². The molecule has 0 bridgehead atoms. The van der Waals surface area contributed by atoms with E-state index in [0.717, 1.165) is 10.7 Å². The number of halogens is 2. The predicted molar refractivity (Wildman–Crippen MR) is 94.7 cm³/mol. The molecule has 104 valence electrons. The van der Waals surface area contributed by atoms with E-state index in [-0.39, 0.29) is 0 Å².